The van der Waals surface area contributed by atoms with Crippen molar-refractivity contribution >= 4 is 17.3 Å². The summed E-state index contributed by atoms with van der Waals surface area (Å²) in [6, 6.07) is 7.27. The molecule has 0 amide bonds. The van der Waals surface area contributed by atoms with Crippen molar-refractivity contribution in [3.63, 3.8) is 0 Å². The zero-order valence-electron chi connectivity index (χ0n) is 6.10. The van der Waals surface area contributed by atoms with E-state index in [1.165, 1.54) is 7.11 Å². The van der Waals surface area contributed by atoms with Crippen molar-refractivity contribution in [2.75, 3.05) is 12.5 Å². The lowest BCUT2D eigenvalue weighted by molar-refractivity contribution is 0.111. The van der Waals surface area contributed by atoms with Crippen molar-refractivity contribution < 1.29 is 4.84 Å². The highest BCUT2D eigenvalue weighted by atomic mass is 35.5. The van der Waals surface area contributed by atoms with Crippen molar-refractivity contribution in [3.05, 3.63) is 29.3 Å². The van der Waals surface area contributed by atoms with Gasteiger partial charge in [0.25, 0.3) is 0 Å². The highest BCUT2D eigenvalue weighted by Crippen LogP contribution is 2.11. The van der Waals surface area contributed by atoms with Gasteiger partial charge in [-0.05, 0) is 24.3 Å². The van der Waals surface area contributed by atoms with E-state index in [1.807, 2.05) is 12.1 Å². The molecule has 4 heteroatoms. The molecule has 2 N–H and O–H groups in total. The highest BCUT2D eigenvalue weighted by Gasteiger charge is 1.88. The molecule has 0 saturated heterocycles. The Morgan fingerprint density at radius 1 is 1.27 bits per heavy atom. The Morgan fingerprint density at radius 2 is 1.91 bits per heavy atom. The number of nitrogens with one attached hydrogen (secondary N) is 2. The predicted octanol–water partition coefficient (Wildman–Crippen LogP) is 1.82. The summed E-state index contributed by atoms with van der Waals surface area (Å²) in [5.41, 5.74) is 6.18. The van der Waals surface area contributed by atoms with Crippen LogP contribution in [0.1, 0.15) is 0 Å². The van der Waals surface area contributed by atoms with Gasteiger partial charge in [0.2, 0.25) is 0 Å². The quantitative estimate of drug-likeness (QED) is 0.683. The van der Waals surface area contributed by atoms with Crippen LogP contribution in [0.2, 0.25) is 5.02 Å². The van der Waals surface area contributed by atoms with E-state index >= 15 is 0 Å². The third-order valence-corrected chi connectivity index (χ3v) is 1.39. The first-order valence-electron chi connectivity index (χ1n) is 3.12. The predicted molar refractivity (Wildman–Crippen MR) is 45.2 cm³/mol. The van der Waals surface area contributed by atoms with E-state index in [1.54, 1.807) is 12.1 Å². The maximum Gasteiger partial charge on any atom is 0.0593 e. The molecule has 1 rings (SSSR count). The molecule has 0 radical (unpaired) electrons. The number of halogens is 1. The minimum absolute atomic E-state index is 0.716. The topological polar surface area (TPSA) is 33.3 Å². The standard InChI is InChI=1S/C7H9ClN2O/c1-11-10-9-7-4-2-6(8)3-5-7/h2-5,9-10H,1H3. The van der Waals surface area contributed by atoms with Crippen LogP contribution >= 0.6 is 11.6 Å². The van der Waals surface area contributed by atoms with Gasteiger partial charge in [0.1, 0.15) is 0 Å². The highest BCUT2D eigenvalue weighted by molar-refractivity contribution is 6.30. The Labute approximate surface area is 70.2 Å². The molecule has 0 saturated carbocycles. The first-order chi connectivity index (χ1) is 5.33. The minimum atomic E-state index is 0.716. The maximum absolute atomic E-state index is 5.67. The van der Waals surface area contributed by atoms with Crippen LogP contribution in [0.25, 0.3) is 0 Å². The molecule has 0 atom stereocenters. The summed E-state index contributed by atoms with van der Waals surface area (Å²) >= 11 is 5.67. The molecule has 1 aromatic rings. The fourth-order valence-electron chi connectivity index (χ4n) is 0.643. The summed E-state index contributed by atoms with van der Waals surface area (Å²) in [7, 11) is 1.53. The molecule has 0 aromatic heterocycles. The molecule has 0 aliphatic heterocycles. The third-order valence-electron chi connectivity index (χ3n) is 1.14. The summed E-state index contributed by atoms with van der Waals surface area (Å²) in [6.45, 7) is 0. The molecule has 0 aliphatic rings. The Morgan fingerprint density at radius 3 is 2.45 bits per heavy atom. The van der Waals surface area contributed by atoms with E-state index in [9.17, 15) is 0 Å². The van der Waals surface area contributed by atoms with Crippen LogP contribution in [-0.2, 0) is 4.84 Å². The summed E-state index contributed by atoms with van der Waals surface area (Å²) in [5, 5.41) is 0.716. The average Bonchev–Trinajstić information content (AvgIpc) is 2.04. The molecule has 3 nitrogen and oxygen atoms in total. The molecular formula is C7H9ClN2O. The molecule has 0 unspecified atom stereocenters. The number of anilines is 1. The van der Waals surface area contributed by atoms with Gasteiger partial charge in [-0.15, -0.1) is 5.59 Å². The summed E-state index contributed by atoms with van der Waals surface area (Å²) in [5.74, 6) is 0. The molecule has 11 heavy (non-hydrogen) atoms. The molecule has 0 bridgehead atoms. The van der Waals surface area contributed by atoms with Crippen LogP contribution in [0.15, 0.2) is 24.3 Å². The molecule has 0 heterocycles. The van der Waals surface area contributed by atoms with E-state index < -0.39 is 0 Å². The van der Waals surface area contributed by atoms with Gasteiger partial charge >= 0.3 is 0 Å². The van der Waals surface area contributed by atoms with Crippen molar-refractivity contribution in [1.29, 1.82) is 0 Å². The van der Waals surface area contributed by atoms with Gasteiger partial charge in [-0.2, -0.15) is 0 Å². The lowest BCUT2D eigenvalue weighted by atomic mass is 10.3. The normalized spacial score (nSPS) is 9.64. The molecular weight excluding hydrogens is 164 g/mol. The monoisotopic (exact) mass is 172 g/mol. The van der Waals surface area contributed by atoms with Crippen LogP contribution in [0.4, 0.5) is 5.69 Å². The SMILES string of the molecule is CONNc1ccc(Cl)cc1. The fraction of sp³-hybridized carbons (Fsp3) is 0.143. The van der Waals surface area contributed by atoms with Crippen LogP contribution in [0.5, 0.6) is 0 Å². The zero-order chi connectivity index (χ0) is 8.10. The van der Waals surface area contributed by atoms with Crippen molar-refractivity contribution in [2.45, 2.75) is 0 Å². The van der Waals surface area contributed by atoms with Crippen molar-refractivity contribution in [2.24, 2.45) is 0 Å². The van der Waals surface area contributed by atoms with Gasteiger partial charge in [0, 0.05) is 5.02 Å². The number of benzene rings is 1. The van der Waals surface area contributed by atoms with E-state index in [-0.39, 0.29) is 0 Å². The number of hydrazine groups is 1. The Hall–Kier alpha value is -0.770. The minimum Gasteiger partial charge on any atom is -0.299 e. The van der Waals surface area contributed by atoms with Gasteiger partial charge in [-0.1, -0.05) is 11.6 Å². The van der Waals surface area contributed by atoms with Crippen LogP contribution in [0, 0.1) is 0 Å². The largest absolute Gasteiger partial charge is 0.299 e. The van der Waals surface area contributed by atoms with Gasteiger partial charge in [-0.3, -0.25) is 10.3 Å². The summed E-state index contributed by atoms with van der Waals surface area (Å²) in [4.78, 5) is 4.58. The van der Waals surface area contributed by atoms with Crippen LogP contribution in [-0.4, -0.2) is 7.11 Å². The number of rotatable bonds is 3. The smallest absolute Gasteiger partial charge is 0.0593 e. The lowest BCUT2D eigenvalue weighted by Gasteiger charge is -2.04. The third kappa shape index (κ3) is 2.76. The first-order valence-corrected chi connectivity index (χ1v) is 3.50. The zero-order valence-corrected chi connectivity index (χ0v) is 6.85. The lowest BCUT2D eigenvalue weighted by Crippen LogP contribution is -2.19. The van der Waals surface area contributed by atoms with E-state index in [0.29, 0.717) is 5.02 Å². The summed E-state index contributed by atoms with van der Waals surface area (Å²) in [6.07, 6.45) is 0. The van der Waals surface area contributed by atoms with Crippen LogP contribution in [0.3, 0.4) is 0 Å². The van der Waals surface area contributed by atoms with E-state index in [2.05, 4.69) is 15.9 Å². The second-order valence-corrected chi connectivity index (χ2v) is 2.37. The van der Waals surface area contributed by atoms with Gasteiger partial charge < -0.3 is 0 Å². The first kappa shape index (κ1) is 8.33. The van der Waals surface area contributed by atoms with E-state index in [4.69, 9.17) is 11.6 Å². The Balaban J connectivity index is 2.52. The number of hydrogen-bond acceptors (Lipinski definition) is 3. The van der Waals surface area contributed by atoms with Crippen molar-refractivity contribution in [1.82, 2.24) is 5.59 Å². The van der Waals surface area contributed by atoms with Crippen LogP contribution < -0.4 is 11.0 Å². The van der Waals surface area contributed by atoms with Gasteiger partial charge in [0.05, 0.1) is 12.8 Å². The molecule has 60 valence electrons. The molecule has 0 aliphatic carbocycles. The van der Waals surface area contributed by atoms with Gasteiger partial charge in [0.15, 0.2) is 0 Å². The Kier molecular flexibility index (Phi) is 3.16. The second-order valence-electron chi connectivity index (χ2n) is 1.94. The second kappa shape index (κ2) is 4.18. The van der Waals surface area contributed by atoms with Crippen molar-refractivity contribution in [3.8, 4) is 0 Å². The summed E-state index contributed by atoms with van der Waals surface area (Å²) < 4.78 is 0. The van der Waals surface area contributed by atoms with E-state index in [0.717, 1.165) is 5.69 Å². The molecule has 0 spiro atoms. The average molecular weight is 173 g/mol. The fourth-order valence-corrected chi connectivity index (χ4v) is 0.769. The molecule has 0 fully saturated rings. The van der Waals surface area contributed by atoms with Gasteiger partial charge in [-0.25, -0.2) is 0 Å². The Bertz CT molecular complexity index is 212. The number of hydrogen-bond donors (Lipinski definition) is 2. The maximum atomic E-state index is 5.67. The molecule has 1 aromatic carbocycles.